The zero-order valence-corrected chi connectivity index (χ0v) is 43.7. The first kappa shape index (κ1) is 68.3. The highest BCUT2D eigenvalue weighted by molar-refractivity contribution is 4.55. The lowest BCUT2D eigenvalue weighted by atomic mass is 10.1. The van der Waals surface area contributed by atoms with Gasteiger partial charge in [0.15, 0.2) is 0 Å². The summed E-state index contributed by atoms with van der Waals surface area (Å²) in [5.74, 6) is 0. The van der Waals surface area contributed by atoms with Crippen molar-refractivity contribution in [3.63, 3.8) is 0 Å². The fraction of sp³-hybridized carbons (Fsp3) is 1.00. The van der Waals surface area contributed by atoms with E-state index in [-0.39, 0.29) is 0 Å². The third kappa shape index (κ3) is 83.3. The molecule has 0 aromatic rings. The lowest BCUT2D eigenvalue weighted by Gasteiger charge is -2.04. The highest BCUT2D eigenvalue weighted by atomic mass is 14.9. The van der Waals surface area contributed by atoms with Crippen LogP contribution < -0.4 is 44.2 Å². The summed E-state index contributed by atoms with van der Waals surface area (Å²) < 4.78 is 0. The highest BCUT2D eigenvalue weighted by Gasteiger charge is 1.95. The largest absolute Gasteiger partial charge is 0.330 e. The summed E-state index contributed by atoms with van der Waals surface area (Å²) in [4.78, 5) is 0. The van der Waals surface area contributed by atoms with Gasteiger partial charge in [0.1, 0.15) is 0 Å². The summed E-state index contributed by atoms with van der Waals surface area (Å²) in [5.41, 5.74) is 21.7. The van der Waals surface area contributed by atoms with Gasteiger partial charge in [0.25, 0.3) is 0 Å². The molecule has 0 heterocycles. The fourth-order valence-electron chi connectivity index (χ4n) is 7.33. The van der Waals surface area contributed by atoms with Gasteiger partial charge in [-0.1, -0.05) is 214 Å². The van der Waals surface area contributed by atoms with Crippen molar-refractivity contribution in [2.24, 2.45) is 22.9 Å². The summed E-state index contributed by atoms with van der Waals surface area (Å²) in [6.45, 7) is 21.4. The minimum Gasteiger partial charge on any atom is -0.330 e. The van der Waals surface area contributed by atoms with Crippen LogP contribution in [0.1, 0.15) is 272 Å². The predicted octanol–water partition coefficient (Wildman–Crippen LogP) is 13.0. The molecule has 0 saturated heterocycles. The Morgan fingerprint density at radius 2 is 0.355 bits per heavy atom. The second-order valence-corrected chi connectivity index (χ2v) is 18.2. The van der Waals surface area contributed by atoms with Crippen molar-refractivity contribution in [3.05, 3.63) is 0 Å². The van der Waals surface area contributed by atoms with Gasteiger partial charge < -0.3 is 44.2 Å². The van der Waals surface area contributed by atoms with Crippen LogP contribution in [0.2, 0.25) is 0 Å². The van der Waals surface area contributed by atoms with E-state index in [1.807, 2.05) is 0 Å². The molecule has 0 rings (SSSR count). The molecule has 0 aliphatic rings. The van der Waals surface area contributed by atoms with Crippen LogP contribution in [0.15, 0.2) is 0 Å². The van der Waals surface area contributed by atoms with Gasteiger partial charge in [0, 0.05) is 13.1 Å². The molecule has 0 saturated carbocycles. The van der Waals surface area contributed by atoms with E-state index in [2.05, 4.69) is 49.0 Å². The van der Waals surface area contributed by atoms with Crippen LogP contribution in [0, 0.1) is 0 Å². The van der Waals surface area contributed by atoms with Crippen molar-refractivity contribution in [3.8, 4) is 0 Å². The predicted molar refractivity (Wildman–Crippen MR) is 286 cm³/mol. The summed E-state index contributed by atoms with van der Waals surface area (Å²) in [6.07, 6.45) is 52.2. The molecular formula is C54H124N8. The molecule has 0 bridgehead atoms. The molecular weight excluding hydrogens is 761 g/mol. The number of rotatable bonds is 50. The third-order valence-electron chi connectivity index (χ3n) is 11.6. The second kappa shape index (κ2) is 75.0. The Kier molecular flexibility index (Phi) is 82.6. The van der Waals surface area contributed by atoms with Crippen LogP contribution in [0.5, 0.6) is 0 Å². The molecule has 0 fully saturated rings. The van der Waals surface area contributed by atoms with Crippen molar-refractivity contribution >= 4 is 0 Å². The number of hydrogen-bond acceptors (Lipinski definition) is 8. The third-order valence-corrected chi connectivity index (χ3v) is 11.6. The molecule has 0 aliphatic carbocycles. The van der Waals surface area contributed by atoms with Gasteiger partial charge in [-0.05, 0) is 123 Å². The minimum absolute atomic E-state index is 0.761. The minimum atomic E-state index is 0.761. The van der Waals surface area contributed by atoms with E-state index in [0.717, 1.165) is 65.2 Å². The Morgan fingerprint density at radius 3 is 0.597 bits per heavy atom. The molecule has 0 spiro atoms. The standard InChI is InChI=1S/C15H34N2.C14H32N2.C13H30N2.C12H28N2/c1-2-3-4-5-6-7-8-11-14-17-15-12-9-10-13-16;1-2-3-4-5-6-7-8-10-13-16-14-11-9-12-15;1-2-3-4-5-6-7-8-9-12-15-13-10-11-14;1-2-3-4-5-6-7-8-9-11-14-12-10-13/h17H,2-16H2,1H3;16H,2-15H2,1H3;15H,2-14H2,1H3;14H,2-13H2,1H3. The molecule has 8 nitrogen and oxygen atoms in total. The molecule has 0 amide bonds. The van der Waals surface area contributed by atoms with Crippen molar-refractivity contribution in [2.45, 2.75) is 272 Å². The lowest BCUT2D eigenvalue weighted by Crippen LogP contribution is -2.23. The summed E-state index contributed by atoms with van der Waals surface area (Å²) in [7, 11) is 0. The van der Waals surface area contributed by atoms with Crippen molar-refractivity contribution in [2.75, 3.05) is 78.5 Å². The number of nitrogens with one attached hydrogen (secondary N) is 4. The van der Waals surface area contributed by atoms with Crippen LogP contribution in [0.25, 0.3) is 0 Å². The average molecular weight is 886 g/mol. The molecule has 0 aromatic carbocycles. The zero-order valence-electron chi connectivity index (χ0n) is 43.7. The Bertz CT molecular complexity index is 604. The normalized spacial score (nSPS) is 10.8. The summed E-state index contributed by atoms with van der Waals surface area (Å²) in [6, 6.07) is 0. The molecule has 0 atom stereocenters. The number of hydrogen-bond donors (Lipinski definition) is 8. The van der Waals surface area contributed by atoms with Crippen LogP contribution in [-0.4, -0.2) is 78.5 Å². The Balaban J connectivity index is -0.000000363. The molecule has 0 aromatic heterocycles. The van der Waals surface area contributed by atoms with Gasteiger partial charge >= 0.3 is 0 Å². The van der Waals surface area contributed by atoms with Gasteiger partial charge in [-0.2, -0.15) is 0 Å². The monoisotopic (exact) mass is 885 g/mol. The zero-order chi connectivity index (χ0) is 46.2. The van der Waals surface area contributed by atoms with Crippen LogP contribution >= 0.6 is 0 Å². The average Bonchev–Trinajstić information content (AvgIpc) is 3.29. The van der Waals surface area contributed by atoms with Crippen LogP contribution in [0.3, 0.4) is 0 Å². The Labute approximate surface area is 393 Å². The quantitative estimate of drug-likeness (QED) is 0.0281. The first-order valence-corrected chi connectivity index (χ1v) is 28.3. The van der Waals surface area contributed by atoms with E-state index in [0.29, 0.717) is 0 Å². The van der Waals surface area contributed by atoms with Gasteiger partial charge in [0.2, 0.25) is 0 Å². The van der Waals surface area contributed by atoms with E-state index < -0.39 is 0 Å². The number of unbranched alkanes of at least 4 members (excludes halogenated alkanes) is 31. The van der Waals surface area contributed by atoms with Gasteiger partial charge in [-0.25, -0.2) is 0 Å². The molecule has 0 unspecified atom stereocenters. The maximum Gasteiger partial charge on any atom is 0.00745 e. The van der Waals surface area contributed by atoms with E-state index in [1.165, 1.54) is 257 Å². The molecule has 12 N–H and O–H groups in total. The van der Waals surface area contributed by atoms with Crippen LogP contribution in [0.4, 0.5) is 0 Å². The molecule has 8 heteroatoms. The van der Waals surface area contributed by atoms with E-state index in [9.17, 15) is 0 Å². The highest BCUT2D eigenvalue weighted by Crippen LogP contribution is 2.10. The van der Waals surface area contributed by atoms with Crippen molar-refractivity contribution < 1.29 is 0 Å². The molecule has 0 radical (unpaired) electrons. The lowest BCUT2D eigenvalue weighted by molar-refractivity contribution is 0.544. The Morgan fingerprint density at radius 1 is 0.177 bits per heavy atom. The molecule has 62 heavy (non-hydrogen) atoms. The van der Waals surface area contributed by atoms with E-state index >= 15 is 0 Å². The first-order valence-electron chi connectivity index (χ1n) is 28.3. The van der Waals surface area contributed by atoms with Crippen molar-refractivity contribution in [1.82, 2.24) is 21.3 Å². The summed E-state index contributed by atoms with van der Waals surface area (Å²) in [5, 5.41) is 13.7. The topological polar surface area (TPSA) is 152 Å². The fourth-order valence-corrected chi connectivity index (χ4v) is 7.33. The maximum atomic E-state index is 5.45. The van der Waals surface area contributed by atoms with Gasteiger partial charge in [-0.15, -0.1) is 0 Å². The van der Waals surface area contributed by atoms with Crippen molar-refractivity contribution in [1.29, 1.82) is 0 Å². The van der Waals surface area contributed by atoms with Gasteiger partial charge in [-0.3, -0.25) is 0 Å². The first-order chi connectivity index (χ1) is 30.7. The Hall–Kier alpha value is -0.320. The second-order valence-electron chi connectivity index (χ2n) is 18.2. The summed E-state index contributed by atoms with van der Waals surface area (Å²) >= 11 is 0. The van der Waals surface area contributed by atoms with E-state index in [1.54, 1.807) is 0 Å². The number of nitrogens with two attached hydrogens (primary N) is 4. The molecule has 380 valence electrons. The van der Waals surface area contributed by atoms with Crippen LogP contribution in [-0.2, 0) is 0 Å². The van der Waals surface area contributed by atoms with E-state index in [4.69, 9.17) is 22.9 Å². The SMILES string of the molecule is CCCCCCCCCCNCCCCCN.CCCCCCCCCCNCCCCN.CCCCCCCCCCNCCCN.CCCCCCCCCCNCCN. The van der Waals surface area contributed by atoms with Gasteiger partial charge in [0.05, 0.1) is 0 Å². The maximum absolute atomic E-state index is 5.45. The molecule has 0 aliphatic heterocycles. The smallest absolute Gasteiger partial charge is 0.00745 e.